The molecular formula is C14H23BrN2S. The Morgan fingerprint density at radius 3 is 2.89 bits per heavy atom. The van der Waals surface area contributed by atoms with E-state index in [9.17, 15) is 0 Å². The molecule has 1 saturated heterocycles. The molecular weight excluding hydrogens is 308 g/mol. The Labute approximate surface area is 123 Å². The molecule has 2 heterocycles. The van der Waals surface area contributed by atoms with E-state index < -0.39 is 0 Å². The van der Waals surface area contributed by atoms with Crippen molar-refractivity contribution < 1.29 is 0 Å². The molecule has 0 spiro atoms. The van der Waals surface area contributed by atoms with Gasteiger partial charge >= 0.3 is 0 Å². The topological polar surface area (TPSA) is 15.3 Å². The third kappa shape index (κ3) is 3.80. The molecule has 0 aromatic carbocycles. The van der Waals surface area contributed by atoms with Gasteiger partial charge < -0.3 is 5.32 Å². The van der Waals surface area contributed by atoms with Crippen LogP contribution in [0.3, 0.4) is 0 Å². The summed E-state index contributed by atoms with van der Waals surface area (Å²) < 4.78 is 1.23. The van der Waals surface area contributed by atoms with Gasteiger partial charge in [0.25, 0.3) is 0 Å². The van der Waals surface area contributed by atoms with Gasteiger partial charge in [0.2, 0.25) is 0 Å². The van der Waals surface area contributed by atoms with Crippen LogP contribution < -0.4 is 5.32 Å². The lowest BCUT2D eigenvalue weighted by molar-refractivity contribution is 0.187. The van der Waals surface area contributed by atoms with Gasteiger partial charge in [-0.05, 0) is 60.9 Å². The fourth-order valence-corrected chi connectivity index (χ4v) is 4.17. The van der Waals surface area contributed by atoms with Crippen LogP contribution in [0, 0.1) is 0 Å². The molecule has 1 aromatic heterocycles. The second-order valence-electron chi connectivity index (χ2n) is 5.05. The standard InChI is InChI=1S/C14H23BrN2S/c1-3-17(10-12-6-4-5-9-16-12)11(2)13-7-8-14(15)18-13/h7-8,11-12,16H,3-6,9-10H2,1-2H3. The van der Waals surface area contributed by atoms with E-state index in [2.05, 4.69) is 52.1 Å². The molecule has 1 aromatic rings. The Morgan fingerprint density at radius 2 is 2.33 bits per heavy atom. The summed E-state index contributed by atoms with van der Waals surface area (Å²) in [6.45, 7) is 8.08. The van der Waals surface area contributed by atoms with Crippen molar-refractivity contribution in [2.45, 2.75) is 45.2 Å². The highest BCUT2D eigenvalue weighted by Crippen LogP contribution is 2.30. The largest absolute Gasteiger partial charge is 0.313 e. The first-order chi connectivity index (χ1) is 8.70. The lowest BCUT2D eigenvalue weighted by atomic mass is 10.0. The van der Waals surface area contributed by atoms with E-state index in [4.69, 9.17) is 0 Å². The van der Waals surface area contributed by atoms with Gasteiger partial charge in [-0.15, -0.1) is 11.3 Å². The van der Waals surface area contributed by atoms with E-state index >= 15 is 0 Å². The van der Waals surface area contributed by atoms with Crippen LogP contribution >= 0.6 is 27.3 Å². The number of likely N-dealkylation sites (N-methyl/N-ethyl adjacent to an activating group) is 1. The van der Waals surface area contributed by atoms with Gasteiger partial charge in [-0.2, -0.15) is 0 Å². The highest BCUT2D eigenvalue weighted by molar-refractivity contribution is 9.11. The summed E-state index contributed by atoms with van der Waals surface area (Å²) in [7, 11) is 0. The smallest absolute Gasteiger partial charge is 0.0701 e. The van der Waals surface area contributed by atoms with E-state index in [1.165, 1.54) is 41.0 Å². The number of halogens is 1. The van der Waals surface area contributed by atoms with E-state index in [0.717, 1.165) is 6.54 Å². The van der Waals surface area contributed by atoms with Gasteiger partial charge in [0, 0.05) is 23.5 Å². The molecule has 18 heavy (non-hydrogen) atoms. The second kappa shape index (κ2) is 7.04. The number of hydrogen-bond acceptors (Lipinski definition) is 3. The van der Waals surface area contributed by atoms with Gasteiger partial charge in [-0.25, -0.2) is 0 Å². The Bertz CT molecular complexity index is 360. The molecule has 102 valence electrons. The van der Waals surface area contributed by atoms with Crippen molar-refractivity contribution >= 4 is 27.3 Å². The zero-order valence-corrected chi connectivity index (χ0v) is 13.7. The zero-order valence-electron chi connectivity index (χ0n) is 11.3. The first-order valence-electron chi connectivity index (χ1n) is 6.93. The first kappa shape index (κ1) is 14.5. The Kier molecular flexibility index (Phi) is 5.67. The zero-order chi connectivity index (χ0) is 13.0. The van der Waals surface area contributed by atoms with Crippen LogP contribution in [-0.2, 0) is 0 Å². The van der Waals surface area contributed by atoms with Crippen molar-refractivity contribution in [1.82, 2.24) is 10.2 Å². The molecule has 2 unspecified atom stereocenters. The third-order valence-electron chi connectivity index (χ3n) is 3.83. The normalized spacial score (nSPS) is 22.3. The average molecular weight is 331 g/mol. The molecule has 2 rings (SSSR count). The molecule has 1 aliphatic rings. The minimum Gasteiger partial charge on any atom is -0.313 e. The summed E-state index contributed by atoms with van der Waals surface area (Å²) in [5, 5.41) is 3.65. The first-order valence-corrected chi connectivity index (χ1v) is 8.54. The number of hydrogen-bond donors (Lipinski definition) is 1. The van der Waals surface area contributed by atoms with Gasteiger partial charge in [-0.3, -0.25) is 4.90 Å². The lowest BCUT2D eigenvalue weighted by Gasteiger charge is -2.33. The molecule has 1 N–H and O–H groups in total. The van der Waals surface area contributed by atoms with Crippen LogP contribution in [0.5, 0.6) is 0 Å². The maximum absolute atomic E-state index is 3.65. The minimum atomic E-state index is 0.523. The maximum Gasteiger partial charge on any atom is 0.0701 e. The number of piperidine rings is 1. The summed E-state index contributed by atoms with van der Waals surface area (Å²) in [5.74, 6) is 0. The van der Waals surface area contributed by atoms with Crippen LogP contribution in [0.15, 0.2) is 15.9 Å². The van der Waals surface area contributed by atoms with Gasteiger partial charge in [0.1, 0.15) is 0 Å². The monoisotopic (exact) mass is 330 g/mol. The van der Waals surface area contributed by atoms with Crippen molar-refractivity contribution in [2.24, 2.45) is 0 Å². The van der Waals surface area contributed by atoms with Crippen LogP contribution in [0.25, 0.3) is 0 Å². The van der Waals surface area contributed by atoms with Crippen molar-refractivity contribution in [2.75, 3.05) is 19.6 Å². The molecule has 2 atom stereocenters. The van der Waals surface area contributed by atoms with Crippen LogP contribution in [0.4, 0.5) is 0 Å². The fourth-order valence-electron chi connectivity index (χ4n) is 2.66. The number of nitrogens with one attached hydrogen (secondary N) is 1. The van der Waals surface area contributed by atoms with Gasteiger partial charge in [-0.1, -0.05) is 13.3 Å². The highest BCUT2D eigenvalue weighted by Gasteiger charge is 2.21. The summed E-state index contributed by atoms with van der Waals surface area (Å²) in [4.78, 5) is 4.04. The van der Waals surface area contributed by atoms with Crippen molar-refractivity contribution in [3.8, 4) is 0 Å². The summed E-state index contributed by atoms with van der Waals surface area (Å²) >= 11 is 5.41. The second-order valence-corrected chi connectivity index (χ2v) is 7.55. The predicted octanol–water partition coefficient (Wildman–Crippen LogP) is 4.04. The molecule has 4 heteroatoms. The Morgan fingerprint density at radius 1 is 1.50 bits per heavy atom. The van der Waals surface area contributed by atoms with Crippen molar-refractivity contribution in [3.63, 3.8) is 0 Å². The Hall–Kier alpha value is 0.1000. The summed E-state index contributed by atoms with van der Waals surface area (Å²) in [6.07, 6.45) is 4.06. The molecule has 0 bridgehead atoms. The molecule has 0 saturated carbocycles. The minimum absolute atomic E-state index is 0.523. The molecule has 1 aliphatic heterocycles. The molecule has 2 nitrogen and oxygen atoms in total. The van der Waals surface area contributed by atoms with Crippen molar-refractivity contribution in [3.05, 3.63) is 20.8 Å². The molecule has 0 aliphatic carbocycles. The molecule has 1 fully saturated rings. The van der Waals surface area contributed by atoms with Crippen molar-refractivity contribution in [1.29, 1.82) is 0 Å². The van der Waals surface area contributed by atoms with Crippen LogP contribution in [-0.4, -0.2) is 30.6 Å². The average Bonchev–Trinajstić information content (AvgIpc) is 2.83. The number of nitrogens with zero attached hydrogens (tertiary/aromatic N) is 1. The lowest BCUT2D eigenvalue weighted by Crippen LogP contribution is -2.44. The van der Waals surface area contributed by atoms with Gasteiger partial charge in [0.05, 0.1) is 3.79 Å². The third-order valence-corrected chi connectivity index (χ3v) is 5.62. The maximum atomic E-state index is 3.65. The highest BCUT2D eigenvalue weighted by atomic mass is 79.9. The Balaban J connectivity index is 1.94. The SMILES string of the molecule is CCN(CC1CCCCN1)C(C)c1ccc(Br)s1. The fraction of sp³-hybridized carbons (Fsp3) is 0.714. The van der Waals surface area contributed by atoms with Crippen LogP contribution in [0.1, 0.15) is 44.0 Å². The van der Waals surface area contributed by atoms with E-state index in [0.29, 0.717) is 12.1 Å². The van der Waals surface area contributed by atoms with E-state index in [1.54, 1.807) is 0 Å². The quantitative estimate of drug-likeness (QED) is 0.876. The molecule has 0 amide bonds. The van der Waals surface area contributed by atoms with Crippen LogP contribution in [0.2, 0.25) is 0 Å². The molecule has 0 radical (unpaired) electrons. The number of rotatable bonds is 5. The summed E-state index contributed by atoms with van der Waals surface area (Å²) in [5.41, 5.74) is 0. The van der Waals surface area contributed by atoms with E-state index in [1.807, 2.05) is 11.3 Å². The number of thiophene rings is 1. The van der Waals surface area contributed by atoms with Gasteiger partial charge in [0.15, 0.2) is 0 Å². The van der Waals surface area contributed by atoms with E-state index in [-0.39, 0.29) is 0 Å². The summed E-state index contributed by atoms with van der Waals surface area (Å²) in [6, 6.07) is 5.61. The predicted molar refractivity (Wildman–Crippen MR) is 83.3 cm³/mol.